The van der Waals surface area contributed by atoms with Crippen molar-refractivity contribution in [2.75, 3.05) is 11.9 Å². The first-order chi connectivity index (χ1) is 13.5. The number of rotatable bonds is 4. The molecular formula is C20H21N5O2S. The highest BCUT2D eigenvalue weighted by atomic mass is 32.1. The van der Waals surface area contributed by atoms with Crippen LogP contribution < -0.4 is 5.32 Å². The van der Waals surface area contributed by atoms with Crippen LogP contribution in [0.15, 0.2) is 41.9 Å². The smallest absolute Gasteiger partial charge is 0.254 e. The second-order valence-electron chi connectivity index (χ2n) is 6.87. The van der Waals surface area contributed by atoms with Gasteiger partial charge in [0.15, 0.2) is 5.13 Å². The Morgan fingerprint density at radius 2 is 2.00 bits per heavy atom. The number of thiazole rings is 1. The molecule has 0 bridgehead atoms. The third-order valence-electron chi connectivity index (χ3n) is 4.85. The number of anilines is 1. The molecule has 1 atom stereocenters. The molecule has 1 aliphatic heterocycles. The quantitative estimate of drug-likeness (QED) is 0.736. The number of amides is 2. The van der Waals surface area contributed by atoms with Gasteiger partial charge in [-0.25, -0.2) is 9.67 Å². The van der Waals surface area contributed by atoms with E-state index in [1.165, 1.54) is 11.3 Å². The monoisotopic (exact) mass is 395 g/mol. The van der Waals surface area contributed by atoms with Crippen LogP contribution in [0.3, 0.4) is 0 Å². The fourth-order valence-electron chi connectivity index (χ4n) is 3.56. The molecule has 144 valence electrons. The van der Waals surface area contributed by atoms with E-state index in [2.05, 4.69) is 15.4 Å². The van der Waals surface area contributed by atoms with Crippen LogP contribution >= 0.6 is 11.3 Å². The molecule has 1 aliphatic rings. The van der Waals surface area contributed by atoms with Gasteiger partial charge in [0.05, 0.1) is 11.4 Å². The van der Waals surface area contributed by atoms with E-state index < -0.39 is 6.04 Å². The van der Waals surface area contributed by atoms with Crippen LogP contribution in [0.1, 0.15) is 34.6 Å². The molecule has 3 heterocycles. The second-order valence-corrected chi connectivity index (χ2v) is 7.76. The summed E-state index contributed by atoms with van der Waals surface area (Å²) >= 11 is 1.36. The van der Waals surface area contributed by atoms with Gasteiger partial charge in [0.25, 0.3) is 5.91 Å². The average Bonchev–Trinajstić information content (AvgIpc) is 3.42. The molecular weight excluding hydrogens is 374 g/mol. The summed E-state index contributed by atoms with van der Waals surface area (Å²) < 4.78 is 1.85. The highest BCUT2D eigenvalue weighted by molar-refractivity contribution is 7.13. The van der Waals surface area contributed by atoms with Crippen molar-refractivity contribution in [3.8, 4) is 5.69 Å². The van der Waals surface area contributed by atoms with E-state index in [0.717, 1.165) is 23.5 Å². The zero-order valence-corrected chi connectivity index (χ0v) is 16.6. The molecule has 1 fully saturated rings. The van der Waals surface area contributed by atoms with Crippen LogP contribution in [-0.4, -0.2) is 44.1 Å². The van der Waals surface area contributed by atoms with Gasteiger partial charge in [0.1, 0.15) is 6.04 Å². The number of nitrogens with one attached hydrogen (secondary N) is 1. The van der Waals surface area contributed by atoms with Crippen LogP contribution in [0, 0.1) is 13.8 Å². The number of carbonyl (C=O) groups excluding carboxylic acids is 2. The molecule has 7 nitrogen and oxygen atoms in total. The molecule has 2 aromatic heterocycles. The predicted molar refractivity (Wildman–Crippen MR) is 108 cm³/mol. The third-order valence-corrected chi connectivity index (χ3v) is 5.54. The number of aryl methyl sites for hydroxylation is 2. The summed E-state index contributed by atoms with van der Waals surface area (Å²) in [5.74, 6) is -0.309. The Bertz CT molecular complexity index is 994. The Morgan fingerprint density at radius 1 is 1.21 bits per heavy atom. The van der Waals surface area contributed by atoms with Crippen LogP contribution in [-0.2, 0) is 4.79 Å². The Hall–Kier alpha value is -3.00. The number of aromatic nitrogens is 3. The van der Waals surface area contributed by atoms with Gasteiger partial charge in [-0.2, -0.15) is 5.10 Å². The Morgan fingerprint density at radius 3 is 2.64 bits per heavy atom. The van der Waals surface area contributed by atoms with Crippen LogP contribution in [0.25, 0.3) is 5.69 Å². The molecule has 0 saturated carbocycles. The van der Waals surface area contributed by atoms with Crippen molar-refractivity contribution >= 4 is 28.3 Å². The number of benzene rings is 1. The van der Waals surface area contributed by atoms with Crippen molar-refractivity contribution in [2.45, 2.75) is 32.7 Å². The Labute approximate surface area is 167 Å². The van der Waals surface area contributed by atoms with Gasteiger partial charge in [0, 0.05) is 29.4 Å². The molecule has 0 aliphatic carbocycles. The van der Waals surface area contributed by atoms with E-state index in [0.29, 0.717) is 23.7 Å². The molecule has 1 saturated heterocycles. The van der Waals surface area contributed by atoms with Gasteiger partial charge in [-0.05, 0) is 57.0 Å². The minimum absolute atomic E-state index is 0.128. The third kappa shape index (κ3) is 3.55. The summed E-state index contributed by atoms with van der Waals surface area (Å²) in [6.07, 6.45) is 3.11. The highest BCUT2D eigenvalue weighted by Crippen LogP contribution is 2.23. The second kappa shape index (κ2) is 7.55. The summed E-state index contributed by atoms with van der Waals surface area (Å²) in [7, 11) is 0. The standard InChI is InChI=1S/C20H21N5O2S/c1-13-12-14(2)25(23-13)16-7-5-15(6-8-16)19(27)24-10-3-4-17(24)18(26)22-20-21-9-11-28-20/h5-9,11-12,17H,3-4,10H2,1-2H3,(H,21,22,26). The maximum absolute atomic E-state index is 13.0. The van der Waals surface area contributed by atoms with Gasteiger partial charge < -0.3 is 10.2 Å². The molecule has 0 spiro atoms. The van der Waals surface area contributed by atoms with Gasteiger partial charge in [-0.15, -0.1) is 11.3 Å². The molecule has 1 N–H and O–H groups in total. The molecule has 1 unspecified atom stereocenters. The molecule has 0 radical (unpaired) electrons. The zero-order chi connectivity index (χ0) is 19.7. The van der Waals surface area contributed by atoms with Crippen LogP contribution in [0.2, 0.25) is 0 Å². The predicted octanol–water partition coefficient (Wildman–Crippen LogP) is 3.19. The van der Waals surface area contributed by atoms with E-state index in [1.807, 2.05) is 36.7 Å². The lowest BCUT2D eigenvalue weighted by Crippen LogP contribution is -2.43. The van der Waals surface area contributed by atoms with Gasteiger partial charge >= 0.3 is 0 Å². The molecule has 3 aromatic rings. The van der Waals surface area contributed by atoms with Gasteiger partial charge in [-0.1, -0.05) is 0 Å². The number of hydrogen-bond donors (Lipinski definition) is 1. The summed E-state index contributed by atoms with van der Waals surface area (Å²) in [5.41, 5.74) is 3.46. The Kier molecular flexibility index (Phi) is 4.95. The number of likely N-dealkylation sites (tertiary alicyclic amines) is 1. The normalized spacial score (nSPS) is 16.4. The van der Waals surface area contributed by atoms with Gasteiger partial charge in [-0.3, -0.25) is 9.59 Å². The minimum Gasteiger partial charge on any atom is -0.327 e. The highest BCUT2D eigenvalue weighted by Gasteiger charge is 2.34. The molecule has 4 rings (SSSR count). The lowest BCUT2D eigenvalue weighted by molar-refractivity contribution is -0.119. The van der Waals surface area contributed by atoms with Gasteiger partial charge in [0.2, 0.25) is 5.91 Å². The largest absolute Gasteiger partial charge is 0.327 e. The molecule has 8 heteroatoms. The first-order valence-corrected chi connectivity index (χ1v) is 10.1. The SMILES string of the molecule is Cc1cc(C)n(-c2ccc(C(=O)N3CCCC3C(=O)Nc3nccs3)cc2)n1. The first-order valence-electron chi connectivity index (χ1n) is 9.18. The zero-order valence-electron chi connectivity index (χ0n) is 15.8. The summed E-state index contributed by atoms with van der Waals surface area (Å²) in [4.78, 5) is 31.3. The van der Waals surface area contributed by atoms with E-state index in [4.69, 9.17) is 0 Å². The van der Waals surface area contributed by atoms with Crippen LogP contribution in [0.5, 0.6) is 0 Å². The fraction of sp³-hybridized carbons (Fsp3) is 0.300. The van der Waals surface area contributed by atoms with E-state index >= 15 is 0 Å². The topological polar surface area (TPSA) is 80.1 Å². The lowest BCUT2D eigenvalue weighted by atomic mass is 10.1. The van der Waals surface area contributed by atoms with Crippen molar-refractivity contribution in [1.82, 2.24) is 19.7 Å². The van der Waals surface area contributed by atoms with Crippen molar-refractivity contribution in [2.24, 2.45) is 0 Å². The summed E-state index contributed by atoms with van der Waals surface area (Å²) in [5, 5.41) is 9.63. The van der Waals surface area contributed by atoms with Crippen LogP contribution in [0.4, 0.5) is 5.13 Å². The Balaban J connectivity index is 1.50. The lowest BCUT2D eigenvalue weighted by Gasteiger charge is -2.23. The summed E-state index contributed by atoms with van der Waals surface area (Å²) in [6.45, 7) is 4.52. The van der Waals surface area contributed by atoms with Crippen molar-refractivity contribution in [3.63, 3.8) is 0 Å². The molecule has 28 heavy (non-hydrogen) atoms. The van der Waals surface area contributed by atoms with Crippen molar-refractivity contribution in [1.29, 1.82) is 0 Å². The first kappa shape index (κ1) is 18.4. The summed E-state index contributed by atoms with van der Waals surface area (Å²) in [6, 6.07) is 8.90. The van der Waals surface area contributed by atoms with Crippen molar-refractivity contribution in [3.05, 3.63) is 58.9 Å². The van der Waals surface area contributed by atoms with E-state index in [-0.39, 0.29) is 11.8 Å². The minimum atomic E-state index is -0.466. The number of nitrogens with zero attached hydrogens (tertiary/aromatic N) is 4. The molecule has 2 amide bonds. The average molecular weight is 395 g/mol. The van der Waals surface area contributed by atoms with E-state index in [1.54, 1.807) is 28.6 Å². The van der Waals surface area contributed by atoms with E-state index in [9.17, 15) is 9.59 Å². The maximum Gasteiger partial charge on any atom is 0.254 e. The number of carbonyl (C=O) groups is 2. The van der Waals surface area contributed by atoms with Crippen molar-refractivity contribution < 1.29 is 9.59 Å². The number of hydrogen-bond acceptors (Lipinski definition) is 5. The maximum atomic E-state index is 13.0. The molecule has 1 aromatic carbocycles. The fourth-order valence-corrected chi connectivity index (χ4v) is 4.09.